The van der Waals surface area contributed by atoms with Crippen LogP contribution in [0.15, 0.2) is 4.99 Å². The summed E-state index contributed by atoms with van der Waals surface area (Å²) in [6.45, 7) is 5.68. The molecule has 17 heavy (non-hydrogen) atoms. The first-order chi connectivity index (χ1) is 7.76. The quantitative estimate of drug-likeness (QED) is 0.396. The lowest BCUT2D eigenvalue weighted by atomic mass is 10.1. The predicted octanol–water partition coefficient (Wildman–Crippen LogP) is 1.05. The molecular weight excluding hydrogens is 224 g/mol. The number of nitrogens with two attached hydrogens (primary N) is 1. The maximum atomic E-state index is 10.7. The number of nitrogens with zero attached hydrogens (tertiary/aromatic N) is 1. The summed E-state index contributed by atoms with van der Waals surface area (Å²) in [4.78, 5) is 23.9. The third-order valence-electron chi connectivity index (χ3n) is 1.96. The highest BCUT2D eigenvalue weighted by molar-refractivity contribution is 5.74. The van der Waals surface area contributed by atoms with Gasteiger partial charge in [-0.3, -0.25) is 0 Å². The van der Waals surface area contributed by atoms with Crippen LogP contribution in [0.5, 0.6) is 0 Å². The Labute approximate surface area is 101 Å². The van der Waals surface area contributed by atoms with Crippen molar-refractivity contribution in [2.45, 2.75) is 57.9 Å². The second kappa shape index (κ2) is 7.17. The zero-order valence-corrected chi connectivity index (χ0v) is 10.5. The van der Waals surface area contributed by atoms with Gasteiger partial charge in [0.2, 0.25) is 6.08 Å². The van der Waals surface area contributed by atoms with Gasteiger partial charge < -0.3 is 15.6 Å². The number of hydrogen-bond acceptors (Lipinski definition) is 5. The summed E-state index contributed by atoms with van der Waals surface area (Å²) in [6.07, 6.45) is 2.12. The Balaban J connectivity index is 3.96. The standard InChI is InChI=1S/C11H20N2O4/c1-11(2,3)17-9(12)6-4-5-8(10(15)16)13-7-14/h8-9H,4-6,12H2,1-3H3,(H,15,16). The van der Waals surface area contributed by atoms with Crippen LogP contribution in [0.2, 0.25) is 0 Å². The number of hydrogen-bond donors (Lipinski definition) is 2. The van der Waals surface area contributed by atoms with E-state index in [1.807, 2.05) is 20.8 Å². The van der Waals surface area contributed by atoms with Gasteiger partial charge in [-0.05, 0) is 40.0 Å². The molecule has 0 rings (SSSR count). The van der Waals surface area contributed by atoms with Crippen LogP contribution in [0.25, 0.3) is 0 Å². The molecule has 6 heteroatoms. The molecule has 2 unspecified atom stereocenters. The number of isocyanates is 1. The number of aliphatic carboxylic acids is 1. The summed E-state index contributed by atoms with van der Waals surface area (Å²) in [6, 6.07) is -1.03. The maximum Gasteiger partial charge on any atom is 0.329 e. The van der Waals surface area contributed by atoms with E-state index in [0.29, 0.717) is 12.8 Å². The van der Waals surface area contributed by atoms with Crippen LogP contribution in [0, 0.1) is 0 Å². The van der Waals surface area contributed by atoms with Crippen LogP contribution >= 0.6 is 0 Å². The molecule has 6 nitrogen and oxygen atoms in total. The molecule has 0 spiro atoms. The van der Waals surface area contributed by atoms with Crippen LogP contribution in [0.1, 0.15) is 40.0 Å². The summed E-state index contributed by atoms with van der Waals surface area (Å²) in [5.41, 5.74) is 5.39. The zero-order chi connectivity index (χ0) is 13.5. The van der Waals surface area contributed by atoms with Crippen LogP contribution in [-0.2, 0) is 14.3 Å². The van der Waals surface area contributed by atoms with Crippen molar-refractivity contribution in [1.29, 1.82) is 0 Å². The van der Waals surface area contributed by atoms with Gasteiger partial charge in [0.1, 0.15) is 6.23 Å². The Morgan fingerprint density at radius 2 is 2.06 bits per heavy atom. The highest BCUT2D eigenvalue weighted by Gasteiger charge is 2.18. The fraction of sp³-hybridized carbons (Fsp3) is 0.818. The Bertz CT molecular complexity index is 290. The molecule has 98 valence electrons. The van der Waals surface area contributed by atoms with E-state index in [1.54, 1.807) is 0 Å². The molecule has 0 saturated carbocycles. The first-order valence-electron chi connectivity index (χ1n) is 5.49. The van der Waals surface area contributed by atoms with E-state index in [9.17, 15) is 9.59 Å². The minimum absolute atomic E-state index is 0.256. The van der Waals surface area contributed by atoms with Gasteiger partial charge in [0, 0.05) is 0 Å². The normalized spacial score (nSPS) is 14.8. The number of carbonyl (C=O) groups is 1. The van der Waals surface area contributed by atoms with E-state index in [4.69, 9.17) is 15.6 Å². The highest BCUT2D eigenvalue weighted by atomic mass is 16.5. The minimum atomic E-state index is -1.13. The molecule has 0 aromatic rings. The fourth-order valence-electron chi connectivity index (χ4n) is 1.33. The molecule has 0 radical (unpaired) electrons. The second-order valence-electron chi connectivity index (χ2n) is 4.77. The summed E-state index contributed by atoms with van der Waals surface area (Å²) in [7, 11) is 0. The van der Waals surface area contributed by atoms with Gasteiger partial charge in [-0.25, -0.2) is 9.59 Å². The van der Waals surface area contributed by atoms with Crippen molar-refractivity contribution < 1.29 is 19.4 Å². The van der Waals surface area contributed by atoms with Crippen molar-refractivity contribution in [2.75, 3.05) is 0 Å². The van der Waals surface area contributed by atoms with Crippen LogP contribution < -0.4 is 5.73 Å². The SMILES string of the molecule is CC(C)(C)OC(N)CCCC(N=C=O)C(=O)O. The fourth-order valence-corrected chi connectivity index (χ4v) is 1.33. The first kappa shape index (κ1) is 15.8. The van der Waals surface area contributed by atoms with Gasteiger partial charge in [0.25, 0.3) is 0 Å². The molecule has 0 fully saturated rings. The van der Waals surface area contributed by atoms with Gasteiger partial charge in [-0.15, -0.1) is 0 Å². The topological polar surface area (TPSA) is 102 Å². The van der Waals surface area contributed by atoms with Gasteiger partial charge >= 0.3 is 5.97 Å². The minimum Gasteiger partial charge on any atom is -0.480 e. The summed E-state index contributed by atoms with van der Waals surface area (Å²) in [5, 5.41) is 8.72. The number of ether oxygens (including phenoxy) is 1. The summed E-state index contributed by atoms with van der Waals surface area (Å²) in [5.74, 6) is -1.13. The molecule has 2 atom stereocenters. The monoisotopic (exact) mass is 244 g/mol. The lowest BCUT2D eigenvalue weighted by Gasteiger charge is -2.24. The van der Waals surface area contributed by atoms with E-state index >= 15 is 0 Å². The average molecular weight is 244 g/mol. The molecule has 0 saturated heterocycles. The zero-order valence-electron chi connectivity index (χ0n) is 10.5. The van der Waals surface area contributed by atoms with E-state index in [0.717, 1.165) is 0 Å². The summed E-state index contributed by atoms with van der Waals surface area (Å²) < 4.78 is 5.46. The number of carboxylic acids is 1. The Kier molecular flexibility index (Phi) is 6.65. The third kappa shape index (κ3) is 8.56. The third-order valence-corrected chi connectivity index (χ3v) is 1.96. The predicted molar refractivity (Wildman–Crippen MR) is 62.2 cm³/mol. The number of carbonyl (C=O) groups excluding carboxylic acids is 1. The van der Waals surface area contributed by atoms with Gasteiger partial charge in [-0.1, -0.05) is 0 Å². The van der Waals surface area contributed by atoms with Crippen molar-refractivity contribution in [1.82, 2.24) is 0 Å². The smallest absolute Gasteiger partial charge is 0.329 e. The molecule has 0 aliphatic heterocycles. The summed E-state index contributed by atoms with van der Waals surface area (Å²) >= 11 is 0. The van der Waals surface area contributed by atoms with Gasteiger partial charge in [0.15, 0.2) is 6.04 Å². The molecule has 0 heterocycles. The Hall–Kier alpha value is -1.23. The lowest BCUT2D eigenvalue weighted by molar-refractivity contribution is -0.138. The average Bonchev–Trinajstić information content (AvgIpc) is 2.13. The lowest BCUT2D eigenvalue weighted by Crippen LogP contribution is -2.33. The van der Waals surface area contributed by atoms with Crippen molar-refractivity contribution in [3.8, 4) is 0 Å². The largest absolute Gasteiger partial charge is 0.480 e. The number of aliphatic imine (C=N–C) groups is 1. The van der Waals surface area contributed by atoms with E-state index < -0.39 is 18.2 Å². The van der Waals surface area contributed by atoms with Crippen LogP contribution in [0.3, 0.4) is 0 Å². The molecular formula is C11H20N2O4. The first-order valence-corrected chi connectivity index (χ1v) is 5.49. The van der Waals surface area contributed by atoms with Crippen molar-refractivity contribution >= 4 is 12.0 Å². The molecule has 0 aromatic carbocycles. The maximum absolute atomic E-state index is 10.7. The molecule has 3 N–H and O–H groups in total. The number of rotatable bonds is 7. The Morgan fingerprint density at radius 3 is 2.47 bits per heavy atom. The molecule has 0 amide bonds. The van der Waals surface area contributed by atoms with E-state index in [2.05, 4.69) is 4.99 Å². The van der Waals surface area contributed by atoms with E-state index in [-0.39, 0.29) is 12.0 Å². The van der Waals surface area contributed by atoms with E-state index in [1.165, 1.54) is 6.08 Å². The van der Waals surface area contributed by atoms with Crippen molar-refractivity contribution in [3.63, 3.8) is 0 Å². The van der Waals surface area contributed by atoms with Crippen LogP contribution in [0.4, 0.5) is 0 Å². The number of carboxylic acid groups (broad SMARTS) is 1. The van der Waals surface area contributed by atoms with Crippen molar-refractivity contribution in [3.05, 3.63) is 0 Å². The van der Waals surface area contributed by atoms with Gasteiger partial charge in [0.05, 0.1) is 5.60 Å². The van der Waals surface area contributed by atoms with Gasteiger partial charge in [-0.2, -0.15) is 4.99 Å². The Morgan fingerprint density at radius 1 is 1.47 bits per heavy atom. The molecule has 0 aromatic heterocycles. The van der Waals surface area contributed by atoms with Crippen molar-refractivity contribution in [2.24, 2.45) is 10.7 Å². The second-order valence-corrected chi connectivity index (χ2v) is 4.77. The van der Waals surface area contributed by atoms with Crippen LogP contribution in [-0.4, -0.2) is 35.0 Å². The molecule has 0 aliphatic rings. The molecule has 0 aliphatic carbocycles. The molecule has 0 bridgehead atoms. The highest BCUT2D eigenvalue weighted by Crippen LogP contribution is 2.13.